The number of hydrogen-bond acceptors (Lipinski definition) is 5. The van der Waals surface area contributed by atoms with Crippen LogP contribution in [0, 0.1) is 28.6 Å². The minimum absolute atomic E-state index is 0.193. The molecule has 0 aromatic rings. The maximum atomic E-state index is 11.1. The zero-order valence-electron chi connectivity index (χ0n) is 22.3. The molecular weight excluding hydrogens is 450 g/mol. The van der Waals surface area contributed by atoms with Crippen LogP contribution in [0.1, 0.15) is 78.6 Å². The average molecular weight is 496 g/mol. The fraction of sp³-hybridized carbons (Fsp3) is 0.710. The highest BCUT2D eigenvalue weighted by Gasteiger charge is 2.55. The maximum absolute atomic E-state index is 11.1. The molecule has 1 aliphatic heterocycles. The van der Waals surface area contributed by atoms with Crippen molar-refractivity contribution < 1.29 is 20.1 Å². The van der Waals surface area contributed by atoms with Crippen LogP contribution >= 0.6 is 0 Å². The van der Waals surface area contributed by atoms with E-state index in [1.54, 1.807) is 0 Å². The van der Waals surface area contributed by atoms with Crippen LogP contribution in [-0.4, -0.2) is 52.2 Å². The number of aliphatic hydroxyl groups excluding tert-OH is 3. The van der Waals surface area contributed by atoms with E-state index in [0.717, 1.165) is 36.3 Å². The van der Waals surface area contributed by atoms with Crippen LogP contribution in [-0.2, 0) is 4.74 Å². The van der Waals surface area contributed by atoms with E-state index in [1.165, 1.54) is 31.3 Å². The molecule has 198 valence electrons. The number of ether oxygens (including phenoxy) is 1. The average Bonchev–Trinajstić information content (AvgIpc) is 3.41. The third-order valence-electron chi connectivity index (χ3n) is 10.1. The number of rotatable bonds is 6. The Kier molecular flexibility index (Phi) is 7.12. The summed E-state index contributed by atoms with van der Waals surface area (Å²) < 4.78 is 5.82. The first-order valence-electron chi connectivity index (χ1n) is 14.2. The third kappa shape index (κ3) is 4.68. The molecule has 0 aromatic heterocycles. The molecule has 1 unspecified atom stereocenters. The summed E-state index contributed by atoms with van der Waals surface area (Å²) in [5, 5.41) is 31.4. The highest BCUT2D eigenvalue weighted by molar-refractivity contribution is 5.87. The summed E-state index contributed by atoms with van der Waals surface area (Å²) >= 11 is 0. The van der Waals surface area contributed by atoms with Crippen LogP contribution in [0.2, 0.25) is 0 Å². The highest BCUT2D eigenvalue weighted by Crippen LogP contribution is 2.60. The lowest BCUT2D eigenvalue weighted by Gasteiger charge is -2.44. The molecule has 0 saturated heterocycles. The summed E-state index contributed by atoms with van der Waals surface area (Å²) in [7, 11) is 0. The van der Waals surface area contributed by atoms with Gasteiger partial charge < -0.3 is 20.1 Å². The smallest absolute Gasteiger partial charge is 0.193 e. The Morgan fingerprint density at radius 1 is 1.14 bits per heavy atom. The van der Waals surface area contributed by atoms with Crippen molar-refractivity contribution in [2.24, 2.45) is 33.6 Å². The Bertz CT molecular complexity index is 989. The maximum Gasteiger partial charge on any atom is 0.193 e. The second-order valence-corrected chi connectivity index (χ2v) is 12.6. The summed E-state index contributed by atoms with van der Waals surface area (Å²) in [5.41, 5.74) is 3.22. The molecule has 5 aliphatic rings. The van der Waals surface area contributed by atoms with Crippen LogP contribution in [0.4, 0.5) is 0 Å². The van der Waals surface area contributed by atoms with Crippen LogP contribution < -0.4 is 0 Å². The summed E-state index contributed by atoms with van der Waals surface area (Å²) in [5.74, 6) is 2.32. The van der Waals surface area contributed by atoms with E-state index >= 15 is 0 Å². The largest absolute Gasteiger partial charge is 0.478 e. The fourth-order valence-electron chi connectivity index (χ4n) is 7.72. The molecule has 4 aliphatic carbocycles. The van der Waals surface area contributed by atoms with Crippen molar-refractivity contribution in [3.8, 4) is 0 Å². The third-order valence-corrected chi connectivity index (χ3v) is 10.1. The van der Waals surface area contributed by atoms with Crippen molar-refractivity contribution in [1.29, 1.82) is 0 Å². The summed E-state index contributed by atoms with van der Waals surface area (Å²) in [6.45, 7) is 11.6. The first-order valence-corrected chi connectivity index (χ1v) is 14.2. The fourth-order valence-corrected chi connectivity index (χ4v) is 7.72. The predicted molar refractivity (Wildman–Crippen MR) is 144 cm³/mol. The van der Waals surface area contributed by atoms with Crippen molar-refractivity contribution in [1.82, 2.24) is 0 Å². The molecule has 3 N–H and O–H groups in total. The van der Waals surface area contributed by atoms with Gasteiger partial charge in [-0.25, -0.2) is 4.99 Å². The van der Waals surface area contributed by atoms with Crippen molar-refractivity contribution >= 4 is 5.90 Å². The van der Waals surface area contributed by atoms with E-state index < -0.39 is 18.3 Å². The van der Waals surface area contributed by atoms with Gasteiger partial charge in [-0.3, -0.25) is 0 Å². The second-order valence-electron chi connectivity index (χ2n) is 12.6. The van der Waals surface area contributed by atoms with Gasteiger partial charge in [-0.15, -0.1) is 0 Å². The monoisotopic (exact) mass is 495 g/mol. The predicted octanol–water partition coefficient (Wildman–Crippen LogP) is 5.28. The number of allylic oxidation sites excluding steroid dienone is 4. The lowest BCUT2D eigenvalue weighted by atomic mass is 9.61. The molecule has 0 amide bonds. The molecule has 36 heavy (non-hydrogen) atoms. The summed E-state index contributed by atoms with van der Waals surface area (Å²) in [6, 6.07) is 0.193. The van der Waals surface area contributed by atoms with Gasteiger partial charge in [0, 0.05) is 6.42 Å². The minimum Gasteiger partial charge on any atom is -0.478 e. The number of hydrogen-bond donors (Lipinski definition) is 3. The first-order chi connectivity index (χ1) is 17.1. The molecule has 0 spiro atoms. The number of aliphatic hydroxyl groups is 3. The zero-order chi connectivity index (χ0) is 25.7. The van der Waals surface area contributed by atoms with Crippen LogP contribution in [0.15, 0.2) is 52.6 Å². The van der Waals surface area contributed by atoms with Crippen LogP contribution in [0.3, 0.4) is 0 Å². The van der Waals surface area contributed by atoms with Gasteiger partial charge in [-0.05, 0) is 92.6 Å². The minimum atomic E-state index is -0.639. The topological polar surface area (TPSA) is 82.3 Å². The second kappa shape index (κ2) is 9.89. The molecule has 5 heteroatoms. The molecule has 0 bridgehead atoms. The Balaban J connectivity index is 1.28. The van der Waals surface area contributed by atoms with E-state index in [0.29, 0.717) is 37.2 Å². The molecule has 0 radical (unpaired) electrons. The Morgan fingerprint density at radius 2 is 1.92 bits per heavy atom. The SMILES string of the molecule is C=C1/C(=C\C=C2/CCC[C@]3(C)[C@@H]([C@H](C)/C=C/[C@@H](O)C4(C5=NC(C)CO5)CC4)CC[C@@H]23)C[C@@H](O)C[C@@H]1O. The van der Waals surface area contributed by atoms with Gasteiger partial charge in [0.15, 0.2) is 5.90 Å². The normalized spacial score (nSPS) is 41.9. The van der Waals surface area contributed by atoms with E-state index in [4.69, 9.17) is 4.74 Å². The lowest BCUT2D eigenvalue weighted by Crippen LogP contribution is -2.35. The molecule has 0 aromatic carbocycles. The van der Waals surface area contributed by atoms with Crippen molar-refractivity contribution in [2.45, 2.75) is 103 Å². The molecule has 5 nitrogen and oxygen atoms in total. The Hall–Kier alpha value is -1.69. The van der Waals surface area contributed by atoms with Gasteiger partial charge in [0.1, 0.15) is 6.61 Å². The summed E-state index contributed by atoms with van der Waals surface area (Å²) in [6.07, 6.45) is 15.9. The van der Waals surface area contributed by atoms with Gasteiger partial charge in [0.25, 0.3) is 0 Å². The molecule has 4 fully saturated rings. The standard InChI is InChI=1S/C31H45NO4/c1-19(7-12-28(35)31(14-15-31)29-32-20(2)18-36-29)25-10-11-26-22(6-5-13-30(25,26)4)8-9-23-16-24(33)17-27(34)21(23)3/h7-9,12,19-20,24-28,33-35H,3,5-6,10-11,13-18H2,1-2,4H3/b12-7+,22-8+,23-9-/t19-,20?,24-,25-,26+,27+,28-,30-/m1/s1. The van der Waals surface area contributed by atoms with Crippen molar-refractivity contribution in [3.63, 3.8) is 0 Å². The number of aliphatic imine (C=N–C) groups is 1. The Morgan fingerprint density at radius 3 is 2.61 bits per heavy atom. The number of nitrogens with zero attached hydrogens (tertiary/aromatic N) is 1. The van der Waals surface area contributed by atoms with Crippen LogP contribution in [0.5, 0.6) is 0 Å². The lowest BCUT2D eigenvalue weighted by molar-refractivity contribution is 0.0862. The molecule has 5 rings (SSSR count). The van der Waals surface area contributed by atoms with Crippen molar-refractivity contribution in [2.75, 3.05) is 6.61 Å². The van der Waals surface area contributed by atoms with Gasteiger partial charge in [-0.1, -0.05) is 50.3 Å². The van der Waals surface area contributed by atoms with Gasteiger partial charge in [0.05, 0.1) is 29.8 Å². The van der Waals surface area contributed by atoms with E-state index in [-0.39, 0.29) is 16.9 Å². The Labute approximate surface area is 216 Å². The summed E-state index contributed by atoms with van der Waals surface area (Å²) in [4.78, 5) is 4.64. The molecular formula is C31H45NO4. The zero-order valence-corrected chi connectivity index (χ0v) is 22.3. The van der Waals surface area contributed by atoms with Crippen molar-refractivity contribution in [3.05, 3.63) is 47.6 Å². The molecule has 4 saturated carbocycles. The van der Waals surface area contributed by atoms with Gasteiger partial charge in [-0.2, -0.15) is 0 Å². The van der Waals surface area contributed by atoms with E-state index in [9.17, 15) is 15.3 Å². The first kappa shape index (κ1) is 25.9. The molecule has 8 atom stereocenters. The van der Waals surface area contributed by atoms with Crippen LogP contribution in [0.25, 0.3) is 0 Å². The highest BCUT2D eigenvalue weighted by atomic mass is 16.5. The molecule has 1 heterocycles. The van der Waals surface area contributed by atoms with Gasteiger partial charge >= 0.3 is 0 Å². The van der Waals surface area contributed by atoms with Gasteiger partial charge in [0.2, 0.25) is 0 Å². The van der Waals surface area contributed by atoms with E-state index in [1.807, 2.05) is 6.08 Å². The quantitative estimate of drug-likeness (QED) is 0.438. The van der Waals surface area contributed by atoms with E-state index in [2.05, 4.69) is 50.6 Å². The number of fused-ring (bicyclic) bond motifs is 1.